The van der Waals surface area contributed by atoms with Crippen LogP contribution in [-0.4, -0.2) is 54.9 Å². The fourth-order valence-corrected chi connectivity index (χ4v) is 3.82. The van der Waals surface area contributed by atoms with E-state index < -0.39 is 11.9 Å². The van der Waals surface area contributed by atoms with Crippen molar-refractivity contribution in [2.45, 2.75) is 32.9 Å². The molecule has 7 nitrogen and oxygen atoms in total. The summed E-state index contributed by atoms with van der Waals surface area (Å²) in [6.45, 7) is 7.43. The summed E-state index contributed by atoms with van der Waals surface area (Å²) in [4.78, 5) is 24.4. The van der Waals surface area contributed by atoms with Crippen molar-refractivity contribution < 1.29 is 18.7 Å². The summed E-state index contributed by atoms with van der Waals surface area (Å²) >= 11 is 0. The zero-order valence-electron chi connectivity index (χ0n) is 16.7. The quantitative estimate of drug-likeness (QED) is 0.577. The van der Waals surface area contributed by atoms with Crippen molar-refractivity contribution in [2.75, 3.05) is 42.6 Å². The Kier molecular flexibility index (Phi) is 5.62. The Morgan fingerprint density at radius 3 is 2.93 bits per heavy atom. The molecule has 8 heteroatoms. The molecule has 0 bridgehead atoms. The molecule has 29 heavy (non-hydrogen) atoms. The third-order valence-electron chi connectivity index (χ3n) is 5.28. The second kappa shape index (κ2) is 8.32. The highest BCUT2D eigenvalue weighted by Crippen LogP contribution is 2.28. The number of rotatable bonds is 4. The molecule has 2 aromatic heterocycles. The Labute approximate surface area is 169 Å². The zero-order chi connectivity index (χ0) is 20.4. The lowest BCUT2D eigenvalue weighted by atomic mass is 10.0. The van der Waals surface area contributed by atoms with Crippen LogP contribution in [0.1, 0.15) is 35.5 Å². The summed E-state index contributed by atoms with van der Waals surface area (Å²) in [5.41, 5.74) is 3.24. The summed E-state index contributed by atoms with van der Waals surface area (Å²) in [5.74, 6) is -0.256. The molecule has 2 aliphatic heterocycles. The lowest BCUT2D eigenvalue weighted by molar-refractivity contribution is 0.0518. The molecule has 4 heterocycles. The maximum Gasteiger partial charge on any atom is 0.356 e. The van der Waals surface area contributed by atoms with Crippen LogP contribution in [-0.2, 0) is 22.4 Å². The van der Waals surface area contributed by atoms with Crippen LogP contribution < -0.4 is 9.80 Å². The van der Waals surface area contributed by atoms with Gasteiger partial charge in [0.25, 0.3) is 0 Å². The molecule has 0 spiro atoms. The number of nitrogens with zero attached hydrogens (tertiary/aromatic N) is 4. The highest BCUT2D eigenvalue weighted by atomic mass is 19.1. The average molecular weight is 400 g/mol. The number of esters is 1. The first-order chi connectivity index (χ1) is 14.0. The number of hydrogen-bond acceptors (Lipinski definition) is 7. The van der Waals surface area contributed by atoms with E-state index in [1.54, 1.807) is 19.2 Å². The number of carbonyl (C=O) groups excluding carboxylic acids is 1. The third kappa shape index (κ3) is 4.32. The number of anilines is 2. The topological polar surface area (TPSA) is 67.8 Å². The van der Waals surface area contributed by atoms with E-state index >= 15 is 0 Å². The molecule has 0 aromatic carbocycles. The second-order valence-corrected chi connectivity index (χ2v) is 7.36. The van der Waals surface area contributed by atoms with E-state index in [9.17, 15) is 9.18 Å². The third-order valence-corrected chi connectivity index (χ3v) is 5.28. The molecule has 1 atom stereocenters. The van der Waals surface area contributed by atoms with Crippen LogP contribution in [0.25, 0.3) is 0 Å². The summed E-state index contributed by atoms with van der Waals surface area (Å²) < 4.78 is 24.9. The van der Waals surface area contributed by atoms with Gasteiger partial charge in [-0.1, -0.05) is 0 Å². The Balaban J connectivity index is 1.54. The molecular weight excluding hydrogens is 375 g/mol. The minimum Gasteiger partial charge on any atom is -0.461 e. The number of hydrogen-bond donors (Lipinski definition) is 0. The Morgan fingerprint density at radius 2 is 2.14 bits per heavy atom. The van der Waals surface area contributed by atoms with Crippen molar-refractivity contribution in [3.8, 4) is 0 Å². The van der Waals surface area contributed by atoms with E-state index in [0.29, 0.717) is 44.4 Å². The molecule has 0 N–H and O–H groups in total. The fourth-order valence-electron chi connectivity index (χ4n) is 3.82. The Morgan fingerprint density at radius 1 is 1.28 bits per heavy atom. The van der Waals surface area contributed by atoms with Gasteiger partial charge in [0.15, 0.2) is 0 Å². The number of pyridine rings is 2. The van der Waals surface area contributed by atoms with Crippen molar-refractivity contribution in [1.29, 1.82) is 0 Å². The van der Waals surface area contributed by atoms with Crippen LogP contribution in [0.5, 0.6) is 0 Å². The number of halogens is 1. The average Bonchev–Trinajstić information content (AvgIpc) is 2.72. The standard InChI is InChI=1S/C21H25FN4O3/c1-3-28-21(27)18-8-15-4-5-25(13-16(15)11-23-18)17-9-19(22)24-20(10-17)26-6-7-29-14(2)12-26/h8-11,14H,3-7,12-13H2,1-2H3. The number of ether oxygens (including phenoxy) is 2. The maximum atomic E-state index is 14.3. The van der Waals surface area contributed by atoms with E-state index in [0.717, 1.165) is 29.8 Å². The first-order valence-electron chi connectivity index (χ1n) is 9.97. The van der Waals surface area contributed by atoms with Gasteiger partial charge in [-0.25, -0.2) is 14.8 Å². The zero-order valence-corrected chi connectivity index (χ0v) is 16.7. The first-order valence-corrected chi connectivity index (χ1v) is 9.97. The van der Waals surface area contributed by atoms with E-state index in [-0.39, 0.29) is 6.10 Å². The predicted octanol–water partition coefficient (Wildman–Crippen LogP) is 2.58. The first kappa shape index (κ1) is 19.6. The van der Waals surface area contributed by atoms with Crippen LogP contribution in [0.3, 0.4) is 0 Å². The lowest BCUT2D eigenvalue weighted by Crippen LogP contribution is -2.41. The van der Waals surface area contributed by atoms with Gasteiger partial charge in [-0.05, 0) is 37.5 Å². The van der Waals surface area contributed by atoms with Crippen LogP contribution in [0, 0.1) is 5.95 Å². The van der Waals surface area contributed by atoms with Crippen LogP contribution >= 0.6 is 0 Å². The number of fused-ring (bicyclic) bond motifs is 1. The van der Waals surface area contributed by atoms with Gasteiger partial charge in [-0.2, -0.15) is 4.39 Å². The highest BCUT2D eigenvalue weighted by Gasteiger charge is 2.23. The van der Waals surface area contributed by atoms with E-state index in [2.05, 4.69) is 19.8 Å². The predicted molar refractivity (Wildman–Crippen MR) is 107 cm³/mol. The van der Waals surface area contributed by atoms with Gasteiger partial charge in [-0.15, -0.1) is 0 Å². The molecule has 4 rings (SSSR count). The van der Waals surface area contributed by atoms with Crippen LogP contribution in [0.4, 0.5) is 15.9 Å². The van der Waals surface area contributed by atoms with Gasteiger partial charge < -0.3 is 19.3 Å². The summed E-state index contributed by atoms with van der Waals surface area (Å²) in [6.07, 6.45) is 2.56. The van der Waals surface area contributed by atoms with Crippen LogP contribution in [0.15, 0.2) is 24.4 Å². The molecule has 2 aliphatic rings. The highest BCUT2D eigenvalue weighted by molar-refractivity contribution is 5.87. The van der Waals surface area contributed by atoms with Crippen molar-refractivity contribution in [2.24, 2.45) is 0 Å². The van der Waals surface area contributed by atoms with Crippen LogP contribution in [0.2, 0.25) is 0 Å². The Bertz CT molecular complexity index is 907. The largest absolute Gasteiger partial charge is 0.461 e. The number of carbonyl (C=O) groups is 1. The van der Waals surface area contributed by atoms with Gasteiger partial charge in [0.2, 0.25) is 5.95 Å². The molecule has 0 saturated carbocycles. The van der Waals surface area contributed by atoms with Crippen molar-refractivity contribution in [3.63, 3.8) is 0 Å². The smallest absolute Gasteiger partial charge is 0.356 e. The molecule has 2 aromatic rings. The molecule has 154 valence electrons. The van der Waals surface area contributed by atoms with E-state index in [4.69, 9.17) is 9.47 Å². The molecule has 1 saturated heterocycles. The van der Waals surface area contributed by atoms with Crippen molar-refractivity contribution >= 4 is 17.5 Å². The number of morpholine rings is 1. The van der Waals surface area contributed by atoms with Gasteiger partial charge in [-0.3, -0.25) is 0 Å². The molecule has 1 fully saturated rings. The minimum absolute atomic E-state index is 0.0961. The fraction of sp³-hybridized carbons (Fsp3) is 0.476. The minimum atomic E-state index is -0.488. The second-order valence-electron chi connectivity index (χ2n) is 7.36. The summed E-state index contributed by atoms with van der Waals surface area (Å²) in [6, 6.07) is 5.21. The molecule has 0 aliphatic carbocycles. The van der Waals surface area contributed by atoms with Gasteiger partial charge in [0.1, 0.15) is 11.5 Å². The van der Waals surface area contributed by atoms with Crippen molar-refractivity contribution in [3.05, 3.63) is 47.2 Å². The summed E-state index contributed by atoms with van der Waals surface area (Å²) in [5, 5.41) is 0. The van der Waals surface area contributed by atoms with Gasteiger partial charge >= 0.3 is 5.97 Å². The van der Waals surface area contributed by atoms with Crippen molar-refractivity contribution in [1.82, 2.24) is 9.97 Å². The lowest BCUT2D eigenvalue weighted by Gasteiger charge is -2.34. The number of aromatic nitrogens is 2. The Hall–Kier alpha value is -2.74. The molecule has 1 unspecified atom stereocenters. The SMILES string of the molecule is CCOC(=O)c1cc2c(cn1)CN(c1cc(F)nc(N3CCOC(C)C3)c1)CC2. The van der Waals surface area contributed by atoms with Gasteiger partial charge in [0.05, 0.1) is 19.3 Å². The normalized spacial score (nSPS) is 19.1. The molecular formula is C21H25FN4O3. The molecule has 0 radical (unpaired) electrons. The molecule has 0 amide bonds. The maximum absolute atomic E-state index is 14.3. The van der Waals surface area contributed by atoms with Gasteiger partial charge in [0, 0.05) is 50.2 Å². The van der Waals surface area contributed by atoms with E-state index in [1.807, 2.05) is 13.0 Å². The summed E-state index contributed by atoms with van der Waals surface area (Å²) in [7, 11) is 0. The van der Waals surface area contributed by atoms with E-state index in [1.165, 1.54) is 6.07 Å². The monoisotopic (exact) mass is 400 g/mol.